The fraction of sp³-hybridized carbons (Fsp3) is 0.850. The van der Waals surface area contributed by atoms with E-state index in [9.17, 15) is 19.2 Å². The normalized spacial score (nSPS) is 38.0. The first kappa shape index (κ1) is 22.5. The van der Waals surface area contributed by atoms with E-state index in [4.69, 9.17) is 9.84 Å². The molecule has 0 saturated heterocycles. The summed E-state index contributed by atoms with van der Waals surface area (Å²) in [7, 11) is -1.40. The number of carbonyl (C=O) groups excluding carboxylic acids is 1. The highest BCUT2D eigenvalue weighted by molar-refractivity contribution is 7.85. The molecule has 6 nitrogen and oxygen atoms in total. The van der Waals surface area contributed by atoms with Crippen molar-refractivity contribution < 1.29 is 29.1 Å². The maximum Gasteiger partial charge on any atom is 0.307 e. The van der Waals surface area contributed by atoms with Crippen molar-refractivity contribution in [2.45, 2.75) is 81.9 Å². The van der Waals surface area contributed by atoms with Crippen molar-refractivity contribution in [3.8, 4) is 0 Å². The van der Waals surface area contributed by atoms with E-state index in [-0.39, 0.29) is 31.0 Å². The molecule has 156 valence electrons. The molecule has 7 heteroatoms. The van der Waals surface area contributed by atoms with Crippen LogP contribution in [0.3, 0.4) is 0 Å². The quantitative estimate of drug-likeness (QED) is 0.367. The molecule has 0 amide bonds. The predicted molar refractivity (Wildman–Crippen MR) is 105 cm³/mol. The van der Waals surface area contributed by atoms with E-state index in [2.05, 4.69) is 12.2 Å². The fourth-order valence-corrected chi connectivity index (χ4v) is 5.76. The molecule has 27 heavy (non-hydrogen) atoms. The van der Waals surface area contributed by atoms with Gasteiger partial charge in [0.2, 0.25) is 0 Å². The second-order valence-corrected chi connectivity index (χ2v) is 9.64. The van der Waals surface area contributed by atoms with E-state index in [1.165, 1.54) is 0 Å². The highest BCUT2D eigenvalue weighted by Gasteiger charge is 2.42. The molecule has 0 aromatic heterocycles. The third-order valence-corrected chi connectivity index (χ3v) is 7.43. The van der Waals surface area contributed by atoms with Gasteiger partial charge in [-0.3, -0.25) is 9.00 Å². The van der Waals surface area contributed by atoms with Gasteiger partial charge in [0.05, 0.1) is 30.0 Å². The number of hydrogen-bond donors (Lipinski definition) is 3. The van der Waals surface area contributed by atoms with Crippen molar-refractivity contribution in [2.24, 2.45) is 11.8 Å². The van der Waals surface area contributed by atoms with Gasteiger partial charge in [-0.2, -0.15) is 0 Å². The van der Waals surface area contributed by atoms with E-state index >= 15 is 0 Å². The standard InChI is InChI=1S/C20H34O6S/c1-14-7-3-2-4-8-15-11-16(22)12-17(15)20(24)18(13-19(23)26-14)27(25)10-6-5-9-21/h4,8,14-18,20-22,24H,2-3,5-7,9-13H2,1H3/b8-4+/t14-,15+,16-,17+,18+,20-,27?/m0/s1. The fourth-order valence-electron chi connectivity index (χ4n) is 4.13. The van der Waals surface area contributed by atoms with E-state index in [1.54, 1.807) is 0 Å². The summed E-state index contributed by atoms with van der Waals surface area (Å²) in [6, 6.07) is 0. The van der Waals surface area contributed by atoms with Gasteiger partial charge in [-0.15, -0.1) is 0 Å². The van der Waals surface area contributed by atoms with Crippen molar-refractivity contribution >= 4 is 16.8 Å². The molecular formula is C20H34O6S. The smallest absolute Gasteiger partial charge is 0.307 e. The number of esters is 1. The number of hydrogen-bond acceptors (Lipinski definition) is 6. The first-order valence-corrected chi connectivity index (χ1v) is 11.5. The van der Waals surface area contributed by atoms with Gasteiger partial charge in [0, 0.05) is 23.2 Å². The van der Waals surface area contributed by atoms with Gasteiger partial charge in [-0.05, 0) is 63.7 Å². The Morgan fingerprint density at radius 2 is 2.04 bits per heavy atom. The van der Waals surface area contributed by atoms with Crippen LogP contribution in [0.5, 0.6) is 0 Å². The molecule has 3 N–H and O–H groups in total. The number of cyclic esters (lactones) is 1. The van der Waals surface area contributed by atoms with Crippen LogP contribution in [0.25, 0.3) is 0 Å². The van der Waals surface area contributed by atoms with E-state index < -0.39 is 34.2 Å². The number of rotatable bonds is 5. The van der Waals surface area contributed by atoms with E-state index in [0.717, 1.165) is 19.3 Å². The Bertz CT molecular complexity index is 523. The SMILES string of the molecule is C[C@H]1CCC/C=C/[C@@H]2C[C@H](O)C[C@H]2[C@H](O)[C@H](S(=O)CCCCO)CC(=O)O1. The zero-order valence-electron chi connectivity index (χ0n) is 16.2. The van der Waals surface area contributed by atoms with Gasteiger partial charge in [0.25, 0.3) is 0 Å². The molecule has 1 aliphatic heterocycles. The van der Waals surface area contributed by atoms with Crippen LogP contribution in [0.4, 0.5) is 0 Å². The van der Waals surface area contributed by atoms with E-state index in [0.29, 0.717) is 31.4 Å². The average molecular weight is 403 g/mol. The molecule has 1 aliphatic carbocycles. The highest BCUT2D eigenvalue weighted by Crippen LogP contribution is 2.38. The Balaban J connectivity index is 2.20. The van der Waals surface area contributed by atoms with Crippen LogP contribution in [0.2, 0.25) is 0 Å². The van der Waals surface area contributed by atoms with Gasteiger partial charge in [-0.25, -0.2) is 0 Å². The summed E-state index contributed by atoms with van der Waals surface area (Å²) >= 11 is 0. The number of aliphatic hydroxyl groups excluding tert-OH is 3. The molecule has 1 fully saturated rings. The van der Waals surface area contributed by atoms with Crippen LogP contribution in [-0.4, -0.2) is 61.4 Å². The lowest BCUT2D eigenvalue weighted by Gasteiger charge is -2.29. The molecule has 1 unspecified atom stereocenters. The van der Waals surface area contributed by atoms with Crippen molar-refractivity contribution in [1.82, 2.24) is 0 Å². The van der Waals surface area contributed by atoms with Crippen LogP contribution in [-0.2, 0) is 20.3 Å². The summed E-state index contributed by atoms with van der Waals surface area (Å²) in [5.41, 5.74) is 0. The number of carbonyl (C=O) groups is 1. The largest absolute Gasteiger partial charge is 0.463 e. The third kappa shape index (κ3) is 6.97. The lowest BCUT2D eigenvalue weighted by molar-refractivity contribution is -0.149. The Morgan fingerprint density at radius 1 is 1.26 bits per heavy atom. The molecule has 2 rings (SSSR count). The van der Waals surface area contributed by atoms with Crippen molar-refractivity contribution in [3.63, 3.8) is 0 Å². The third-order valence-electron chi connectivity index (χ3n) is 5.61. The zero-order chi connectivity index (χ0) is 19.8. The number of fused-ring (bicyclic) bond motifs is 1. The molecule has 0 spiro atoms. The number of allylic oxidation sites excluding steroid dienone is 2. The van der Waals surface area contributed by atoms with Gasteiger partial charge >= 0.3 is 5.97 Å². The maximum atomic E-state index is 12.8. The number of unbranched alkanes of at least 4 members (excludes halogenated alkanes) is 1. The molecule has 1 heterocycles. The van der Waals surface area contributed by atoms with Crippen LogP contribution >= 0.6 is 0 Å². The summed E-state index contributed by atoms with van der Waals surface area (Å²) in [6.07, 6.45) is 7.15. The predicted octanol–water partition coefficient (Wildman–Crippen LogP) is 1.69. The minimum Gasteiger partial charge on any atom is -0.463 e. The van der Waals surface area contributed by atoms with Crippen LogP contribution in [0.1, 0.15) is 58.3 Å². The monoisotopic (exact) mass is 402 g/mol. The topological polar surface area (TPSA) is 104 Å². The lowest BCUT2D eigenvalue weighted by atomic mass is 9.87. The molecular weight excluding hydrogens is 368 g/mol. The van der Waals surface area contributed by atoms with E-state index in [1.807, 2.05) is 6.92 Å². The van der Waals surface area contributed by atoms with Gasteiger partial charge in [0.15, 0.2) is 0 Å². The van der Waals surface area contributed by atoms with Gasteiger partial charge in [0.1, 0.15) is 0 Å². The zero-order valence-corrected chi connectivity index (χ0v) is 17.0. The second kappa shape index (κ2) is 11.3. The van der Waals surface area contributed by atoms with Crippen molar-refractivity contribution in [3.05, 3.63) is 12.2 Å². The summed E-state index contributed by atoms with van der Waals surface area (Å²) in [4.78, 5) is 12.4. The Morgan fingerprint density at radius 3 is 2.78 bits per heavy atom. The highest BCUT2D eigenvalue weighted by atomic mass is 32.2. The molecule has 2 aliphatic rings. The Hall–Kier alpha value is -0.760. The summed E-state index contributed by atoms with van der Waals surface area (Å²) in [5, 5.41) is 29.4. The van der Waals surface area contributed by atoms with Gasteiger partial charge in [-0.1, -0.05) is 12.2 Å². The molecule has 7 atom stereocenters. The minimum absolute atomic E-state index is 0.0288. The van der Waals surface area contributed by atoms with Crippen LogP contribution in [0, 0.1) is 11.8 Å². The number of aliphatic hydroxyl groups is 3. The summed E-state index contributed by atoms with van der Waals surface area (Å²) in [6.45, 7) is 1.89. The molecule has 0 aromatic rings. The maximum absolute atomic E-state index is 12.8. The Kier molecular flexibility index (Phi) is 9.42. The summed E-state index contributed by atoms with van der Waals surface area (Å²) < 4.78 is 18.3. The Labute approximate surface area is 164 Å². The second-order valence-electron chi connectivity index (χ2n) is 7.86. The first-order chi connectivity index (χ1) is 12.9. The molecule has 0 radical (unpaired) electrons. The van der Waals surface area contributed by atoms with Crippen molar-refractivity contribution in [2.75, 3.05) is 12.4 Å². The van der Waals surface area contributed by atoms with Gasteiger partial charge < -0.3 is 20.1 Å². The van der Waals surface area contributed by atoms with Crippen LogP contribution < -0.4 is 0 Å². The van der Waals surface area contributed by atoms with Crippen LogP contribution in [0.15, 0.2) is 12.2 Å². The average Bonchev–Trinajstić information content (AvgIpc) is 2.99. The lowest BCUT2D eigenvalue weighted by Crippen LogP contribution is -2.41. The van der Waals surface area contributed by atoms with Crippen molar-refractivity contribution in [1.29, 1.82) is 0 Å². The molecule has 0 aromatic carbocycles. The summed E-state index contributed by atoms with van der Waals surface area (Å²) in [5.74, 6) is -0.277. The number of ether oxygens (including phenoxy) is 1. The molecule has 1 saturated carbocycles. The minimum atomic E-state index is -1.40. The molecule has 0 bridgehead atoms. The first-order valence-electron chi connectivity index (χ1n) is 10.1.